The number of ketones is 1. The van der Waals surface area contributed by atoms with Crippen LogP contribution in [0.3, 0.4) is 0 Å². The van der Waals surface area contributed by atoms with Crippen LogP contribution < -0.4 is 0 Å². The molecule has 162 valence electrons. The van der Waals surface area contributed by atoms with Gasteiger partial charge in [-0.05, 0) is 56.1 Å². The number of rotatable bonds is 1. The summed E-state index contributed by atoms with van der Waals surface area (Å²) in [6, 6.07) is 0. The number of methoxy groups -OCH3 is 1. The van der Waals surface area contributed by atoms with Crippen LogP contribution in [-0.4, -0.2) is 47.9 Å². The van der Waals surface area contributed by atoms with Crippen molar-refractivity contribution in [1.82, 2.24) is 0 Å². The summed E-state index contributed by atoms with van der Waals surface area (Å²) in [5.41, 5.74) is -0.999. The highest BCUT2D eigenvalue weighted by Gasteiger charge is 2.74. The summed E-state index contributed by atoms with van der Waals surface area (Å²) in [5, 5.41) is 11.4. The molecule has 8 atom stereocenters. The first kappa shape index (κ1) is 19.8. The van der Waals surface area contributed by atoms with E-state index in [1.807, 2.05) is 13.0 Å². The number of hydrogen-bond donors (Lipinski definition) is 1. The number of aliphatic hydroxyl groups is 1. The van der Waals surface area contributed by atoms with Crippen molar-refractivity contribution in [2.75, 3.05) is 7.11 Å². The SMILES string of the molecule is COC(=O)C1OC(=O)O[C@@]12CC[C@H]1[C@@H]3CCC4=CC(=O)C=C[C@]4(C)[C@H]3[C@@H](O)C[C@@]12C. The maximum absolute atomic E-state index is 12.5. The van der Waals surface area contributed by atoms with Gasteiger partial charge in [0, 0.05) is 16.7 Å². The molecule has 1 heterocycles. The zero-order valence-corrected chi connectivity index (χ0v) is 17.6. The lowest BCUT2D eigenvalue weighted by atomic mass is 9.46. The predicted molar refractivity (Wildman–Crippen MR) is 104 cm³/mol. The second-order valence-electron chi connectivity index (χ2n) is 10.0. The van der Waals surface area contributed by atoms with Crippen molar-refractivity contribution in [2.45, 2.75) is 63.8 Å². The van der Waals surface area contributed by atoms with Gasteiger partial charge in [0.25, 0.3) is 0 Å². The normalized spacial score (nSPS) is 48.9. The minimum absolute atomic E-state index is 0.00631. The number of allylic oxidation sites excluding steroid dienone is 4. The third-order valence-corrected chi connectivity index (χ3v) is 9.00. The largest absolute Gasteiger partial charge is 0.510 e. The molecule has 4 aliphatic carbocycles. The minimum Gasteiger partial charge on any atom is -0.466 e. The number of esters is 1. The van der Waals surface area contributed by atoms with Crippen LogP contribution in [0.4, 0.5) is 4.79 Å². The van der Waals surface area contributed by atoms with Crippen LogP contribution >= 0.6 is 0 Å². The van der Waals surface area contributed by atoms with Crippen LogP contribution in [0, 0.1) is 28.6 Å². The summed E-state index contributed by atoms with van der Waals surface area (Å²) >= 11 is 0. The zero-order valence-electron chi connectivity index (χ0n) is 17.6. The molecule has 0 radical (unpaired) electrons. The summed E-state index contributed by atoms with van der Waals surface area (Å²) in [4.78, 5) is 36.5. The molecule has 1 aliphatic heterocycles. The Hall–Kier alpha value is -2.15. The maximum Gasteiger partial charge on any atom is 0.510 e. The van der Waals surface area contributed by atoms with Crippen LogP contribution in [0.1, 0.15) is 46.0 Å². The second kappa shape index (κ2) is 6.19. The molecule has 1 spiro atoms. The maximum atomic E-state index is 12.5. The van der Waals surface area contributed by atoms with Crippen LogP contribution in [0.5, 0.6) is 0 Å². The zero-order chi connectivity index (χ0) is 21.5. The van der Waals surface area contributed by atoms with E-state index >= 15 is 0 Å². The molecular formula is C23H28O7. The van der Waals surface area contributed by atoms with Gasteiger partial charge in [-0.3, -0.25) is 4.79 Å². The molecule has 3 saturated carbocycles. The second-order valence-corrected chi connectivity index (χ2v) is 10.0. The van der Waals surface area contributed by atoms with Crippen molar-refractivity contribution in [1.29, 1.82) is 0 Å². The summed E-state index contributed by atoms with van der Waals surface area (Å²) in [5.74, 6) is -0.280. The molecule has 30 heavy (non-hydrogen) atoms. The fourth-order valence-electron chi connectivity index (χ4n) is 7.71. The van der Waals surface area contributed by atoms with E-state index in [2.05, 4.69) is 6.92 Å². The van der Waals surface area contributed by atoms with E-state index in [0.717, 1.165) is 24.8 Å². The first-order valence-electron chi connectivity index (χ1n) is 10.8. The molecule has 0 aromatic carbocycles. The van der Waals surface area contributed by atoms with Gasteiger partial charge in [-0.15, -0.1) is 0 Å². The van der Waals surface area contributed by atoms with Gasteiger partial charge in [0.1, 0.15) is 0 Å². The van der Waals surface area contributed by atoms with Gasteiger partial charge in [0.2, 0.25) is 6.10 Å². The Labute approximate surface area is 175 Å². The molecule has 0 aromatic heterocycles. The van der Waals surface area contributed by atoms with E-state index in [4.69, 9.17) is 14.2 Å². The van der Waals surface area contributed by atoms with Crippen molar-refractivity contribution in [2.24, 2.45) is 28.6 Å². The van der Waals surface area contributed by atoms with Gasteiger partial charge in [-0.25, -0.2) is 9.59 Å². The quantitative estimate of drug-likeness (QED) is 0.656. The first-order chi connectivity index (χ1) is 14.2. The number of hydrogen-bond acceptors (Lipinski definition) is 7. The molecule has 7 heteroatoms. The topological polar surface area (TPSA) is 99.1 Å². The van der Waals surface area contributed by atoms with Gasteiger partial charge in [0.15, 0.2) is 11.4 Å². The Morgan fingerprint density at radius 3 is 2.77 bits per heavy atom. The average Bonchev–Trinajstić information content (AvgIpc) is 3.18. The predicted octanol–water partition coefficient (Wildman–Crippen LogP) is 2.71. The van der Waals surface area contributed by atoms with Crippen LogP contribution in [0.15, 0.2) is 23.8 Å². The first-order valence-corrected chi connectivity index (χ1v) is 10.8. The highest BCUT2D eigenvalue weighted by atomic mass is 16.8. The lowest BCUT2D eigenvalue weighted by Gasteiger charge is -2.59. The van der Waals surface area contributed by atoms with Crippen molar-refractivity contribution in [3.63, 3.8) is 0 Å². The molecule has 0 aromatic rings. The number of fused-ring (bicyclic) bond motifs is 6. The number of carbonyl (C=O) groups is 3. The van der Waals surface area contributed by atoms with E-state index in [1.54, 1.807) is 12.2 Å². The fraction of sp³-hybridized carbons (Fsp3) is 0.696. The molecule has 1 N–H and O–H groups in total. The summed E-state index contributed by atoms with van der Waals surface area (Å²) in [7, 11) is 1.27. The fourth-order valence-corrected chi connectivity index (χ4v) is 7.71. The molecule has 1 saturated heterocycles. The molecule has 0 amide bonds. The molecule has 1 unspecified atom stereocenters. The van der Waals surface area contributed by atoms with Crippen LogP contribution in [-0.2, 0) is 23.8 Å². The Kier molecular flexibility index (Phi) is 4.08. The third-order valence-electron chi connectivity index (χ3n) is 9.00. The summed E-state index contributed by atoms with van der Waals surface area (Å²) in [6.45, 7) is 4.14. The Morgan fingerprint density at radius 1 is 1.27 bits per heavy atom. The lowest BCUT2D eigenvalue weighted by Crippen LogP contribution is -2.62. The smallest absolute Gasteiger partial charge is 0.466 e. The minimum atomic E-state index is -1.12. The molecule has 5 aliphatic rings. The third kappa shape index (κ3) is 2.27. The van der Waals surface area contributed by atoms with Crippen molar-refractivity contribution in [3.05, 3.63) is 23.8 Å². The van der Waals surface area contributed by atoms with Crippen LogP contribution in [0.25, 0.3) is 0 Å². The van der Waals surface area contributed by atoms with Crippen LogP contribution in [0.2, 0.25) is 0 Å². The summed E-state index contributed by atoms with van der Waals surface area (Å²) < 4.78 is 15.9. The van der Waals surface area contributed by atoms with Gasteiger partial charge < -0.3 is 19.3 Å². The summed E-state index contributed by atoms with van der Waals surface area (Å²) in [6.07, 6.45) is 6.03. The Morgan fingerprint density at radius 2 is 2.03 bits per heavy atom. The van der Waals surface area contributed by atoms with Gasteiger partial charge in [-0.2, -0.15) is 0 Å². The molecular weight excluding hydrogens is 388 g/mol. The number of aliphatic hydroxyl groups excluding tert-OH is 1. The van der Waals surface area contributed by atoms with Crippen molar-refractivity contribution in [3.8, 4) is 0 Å². The van der Waals surface area contributed by atoms with Crippen molar-refractivity contribution >= 4 is 17.9 Å². The number of cyclic esters (lactones) is 1. The van der Waals surface area contributed by atoms with E-state index in [9.17, 15) is 19.5 Å². The number of ether oxygens (including phenoxy) is 3. The lowest BCUT2D eigenvalue weighted by molar-refractivity contribution is -0.180. The van der Waals surface area contributed by atoms with E-state index in [1.165, 1.54) is 7.11 Å². The Bertz CT molecular complexity index is 890. The van der Waals surface area contributed by atoms with E-state index in [0.29, 0.717) is 12.8 Å². The monoisotopic (exact) mass is 416 g/mol. The highest BCUT2D eigenvalue weighted by molar-refractivity contribution is 6.01. The molecule has 7 nitrogen and oxygen atoms in total. The standard InChI is InChI=1S/C23H28O7/c1-21-8-6-13(24)10-12(21)4-5-14-15-7-9-23(22(15,2)11-16(25)17(14)21)18(19(26)28-3)29-20(27)30-23/h6,8,10,14-18,25H,4-5,7,9,11H2,1-3H3/t14-,15-,16-,17+,18?,21-,22-,23-/m0/s1. The van der Waals surface area contributed by atoms with E-state index in [-0.39, 0.29) is 29.0 Å². The average molecular weight is 416 g/mol. The van der Waals surface area contributed by atoms with Crippen molar-refractivity contribution < 1.29 is 33.7 Å². The molecule has 5 rings (SSSR count). The molecule has 0 bridgehead atoms. The van der Waals surface area contributed by atoms with E-state index < -0.39 is 35.3 Å². The molecule has 4 fully saturated rings. The van der Waals surface area contributed by atoms with Gasteiger partial charge in [0.05, 0.1) is 13.2 Å². The number of carbonyl (C=O) groups excluding carboxylic acids is 3. The van der Waals surface area contributed by atoms with Gasteiger partial charge in [-0.1, -0.05) is 25.5 Å². The highest BCUT2D eigenvalue weighted by Crippen LogP contribution is 2.69. The Balaban J connectivity index is 1.56. The van der Waals surface area contributed by atoms with Gasteiger partial charge >= 0.3 is 12.1 Å².